The van der Waals surface area contributed by atoms with Gasteiger partial charge in [0.15, 0.2) is 0 Å². The van der Waals surface area contributed by atoms with Crippen molar-refractivity contribution in [2.45, 2.75) is 20.8 Å². The molecule has 0 aliphatic rings. The van der Waals surface area contributed by atoms with Crippen LogP contribution in [-0.2, 0) is 0 Å². The van der Waals surface area contributed by atoms with Crippen LogP contribution in [0.4, 0.5) is 0 Å². The minimum absolute atomic E-state index is 0.403. The maximum absolute atomic E-state index is 5.14. The minimum atomic E-state index is 0.403. The van der Waals surface area contributed by atoms with Gasteiger partial charge in [0.05, 0.1) is 6.20 Å². The van der Waals surface area contributed by atoms with Crippen molar-refractivity contribution in [3.63, 3.8) is 0 Å². The predicted octanol–water partition coefficient (Wildman–Crippen LogP) is 1.86. The lowest BCUT2D eigenvalue weighted by atomic mass is 10.4. The zero-order chi connectivity index (χ0) is 10.4. The fourth-order valence-corrected chi connectivity index (χ4v) is 0.810. The van der Waals surface area contributed by atoms with E-state index in [-0.39, 0.29) is 0 Å². The summed E-state index contributed by atoms with van der Waals surface area (Å²) in [6.07, 6.45) is 4.74. The molecule has 0 saturated heterocycles. The van der Waals surface area contributed by atoms with Gasteiger partial charge in [-0.2, -0.15) is 0 Å². The molecule has 2 rings (SSSR count). The highest BCUT2D eigenvalue weighted by Gasteiger charge is 2.05. The molecule has 0 N–H and O–H groups in total. The molecule has 2 aromatic heterocycles. The molecule has 5 heteroatoms. The van der Waals surface area contributed by atoms with Gasteiger partial charge in [-0.15, -0.1) is 10.2 Å². The molecule has 0 saturated carbocycles. The molecule has 2 heterocycles. The fourth-order valence-electron chi connectivity index (χ4n) is 0.810. The van der Waals surface area contributed by atoms with Gasteiger partial charge in [-0.25, -0.2) is 4.98 Å². The van der Waals surface area contributed by atoms with Crippen LogP contribution >= 0.6 is 0 Å². The molecule has 0 atom stereocenters. The zero-order valence-electron chi connectivity index (χ0n) is 8.43. The van der Waals surface area contributed by atoms with Crippen LogP contribution in [0.1, 0.15) is 19.7 Å². The van der Waals surface area contributed by atoms with Crippen molar-refractivity contribution in [2.75, 3.05) is 0 Å². The van der Waals surface area contributed by atoms with Crippen molar-refractivity contribution in [2.24, 2.45) is 0 Å². The van der Waals surface area contributed by atoms with Crippen molar-refractivity contribution in [1.82, 2.24) is 20.2 Å². The van der Waals surface area contributed by atoms with Crippen LogP contribution in [0.2, 0.25) is 0 Å². The molecule has 0 aliphatic carbocycles. The maximum atomic E-state index is 5.14. The molecular weight excluding hydrogens is 180 g/mol. The Bertz CT molecular complexity index is 371. The molecule has 0 spiro atoms. The van der Waals surface area contributed by atoms with Gasteiger partial charge in [-0.3, -0.25) is 4.98 Å². The first-order chi connectivity index (χ1) is 6.86. The van der Waals surface area contributed by atoms with E-state index in [1.807, 2.05) is 13.8 Å². The molecule has 2 aromatic rings. The number of hydrogen-bond donors (Lipinski definition) is 0. The Hall–Kier alpha value is -1.78. The van der Waals surface area contributed by atoms with Crippen molar-refractivity contribution < 1.29 is 4.42 Å². The summed E-state index contributed by atoms with van der Waals surface area (Å²) in [6.45, 7) is 5.73. The quantitative estimate of drug-likeness (QED) is 0.690. The third-order valence-electron chi connectivity index (χ3n) is 1.31. The molecule has 0 amide bonds. The lowest BCUT2D eigenvalue weighted by molar-refractivity contribution is 0.530. The second kappa shape index (κ2) is 5.06. The van der Waals surface area contributed by atoms with Crippen LogP contribution in [0.5, 0.6) is 0 Å². The van der Waals surface area contributed by atoms with E-state index in [1.165, 1.54) is 0 Å². The van der Waals surface area contributed by atoms with E-state index in [2.05, 4.69) is 20.2 Å². The van der Waals surface area contributed by atoms with E-state index in [4.69, 9.17) is 4.42 Å². The number of aryl methyl sites for hydroxylation is 1. The Morgan fingerprint density at radius 3 is 2.43 bits per heavy atom. The summed E-state index contributed by atoms with van der Waals surface area (Å²) < 4.78 is 5.14. The molecule has 0 fully saturated rings. The molecule has 0 aromatic carbocycles. The highest BCUT2D eigenvalue weighted by molar-refractivity contribution is 5.42. The molecule has 5 nitrogen and oxygen atoms in total. The van der Waals surface area contributed by atoms with Gasteiger partial charge in [-0.1, -0.05) is 13.8 Å². The number of hydrogen-bond acceptors (Lipinski definition) is 5. The van der Waals surface area contributed by atoms with E-state index in [9.17, 15) is 0 Å². The molecule has 0 radical (unpaired) electrons. The molecule has 14 heavy (non-hydrogen) atoms. The highest BCUT2D eigenvalue weighted by Crippen LogP contribution is 2.11. The van der Waals surface area contributed by atoms with Gasteiger partial charge in [0, 0.05) is 19.3 Å². The Morgan fingerprint density at radius 1 is 1.14 bits per heavy atom. The van der Waals surface area contributed by atoms with E-state index in [0.29, 0.717) is 17.5 Å². The van der Waals surface area contributed by atoms with E-state index >= 15 is 0 Å². The van der Waals surface area contributed by atoms with Crippen molar-refractivity contribution in [3.05, 3.63) is 24.5 Å². The first-order valence-electron chi connectivity index (χ1n) is 4.43. The normalized spacial score (nSPS) is 9.07. The lowest BCUT2D eigenvalue weighted by Gasteiger charge is -1.88. The average molecular weight is 192 g/mol. The first kappa shape index (κ1) is 10.3. The summed E-state index contributed by atoms with van der Waals surface area (Å²) in [6, 6.07) is 0. The molecule has 0 bridgehead atoms. The Balaban J connectivity index is 0.000000461. The van der Waals surface area contributed by atoms with Crippen LogP contribution < -0.4 is 0 Å². The Labute approximate surface area is 82.2 Å². The fraction of sp³-hybridized carbons (Fsp3) is 0.333. The summed E-state index contributed by atoms with van der Waals surface area (Å²) in [5.41, 5.74) is 0.595. The summed E-state index contributed by atoms with van der Waals surface area (Å²) in [5, 5.41) is 7.48. The largest absolute Gasteiger partial charge is 0.420 e. The Morgan fingerprint density at radius 2 is 1.93 bits per heavy atom. The van der Waals surface area contributed by atoms with Gasteiger partial charge >= 0.3 is 0 Å². The van der Waals surface area contributed by atoms with Gasteiger partial charge in [0.2, 0.25) is 5.89 Å². The number of aromatic nitrogens is 4. The van der Waals surface area contributed by atoms with Crippen molar-refractivity contribution in [1.29, 1.82) is 0 Å². The van der Waals surface area contributed by atoms with E-state index in [0.717, 1.165) is 0 Å². The van der Waals surface area contributed by atoms with Crippen molar-refractivity contribution >= 4 is 0 Å². The second-order valence-electron chi connectivity index (χ2n) is 2.22. The standard InChI is InChI=1S/C7H6N4O.C2H6/c1-5-10-11-7(12-5)6-4-8-2-3-9-6;1-2/h2-4H,1H3;1-2H3. The monoisotopic (exact) mass is 192 g/mol. The zero-order valence-corrected chi connectivity index (χ0v) is 8.43. The average Bonchev–Trinajstić information content (AvgIpc) is 2.69. The van der Waals surface area contributed by atoms with Gasteiger partial charge in [0.25, 0.3) is 5.89 Å². The summed E-state index contributed by atoms with van der Waals surface area (Å²) in [7, 11) is 0. The molecular formula is C9H12N4O. The third kappa shape index (κ3) is 2.35. The SMILES string of the molecule is CC.Cc1nnc(-c2cnccn2)o1. The predicted molar refractivity (Wildman–Crippen MR) is 51.4 cm³/mol. The van der Waals surface area contributed by atoms with Gasteiger partial charge < -0.3 is 4.42 Å². The molecule has 0 aliphatic heterocycles. The van der Waals surface area contributed by atoms with E-state index in [1.54, 1.807) is 25.5 Å². The topological polar surface area (TPSA) is 64.7 Å². The Kier molecular flexibility index (Phi) is 3.72. The summed E-state index contributed by atoms with van der Waals surface area (Å²) >= 11 is 0. The highest BCUT2D eigenvalue weighted by atomic mass is 16.4. The second-order valence-corrected chi connectivity index (χ2v) is 2.22. The lowest BCUT2D eigenvalue weighted by Crippen LogP contribution is -1.83. The van der Waals surface area contributed by atoms with Crippen LogP contribution in [-0.4, -0.2) is 20.2 Å². The number of rotatable bonds is 1. The van der Waals surface area contributed by atoms with Crippen molar-refractivity contribution in [3.8, 4) is 11.6 Å². The van der Waals surface area contributed by atoms with Crippen LogP contribution in [0, 0.1) is 6.92 Å². The van der Waals surface area contributed by atoms with Gasteiger partial charge in [0.1, 0.15) is 5.69 Å². The summed E-state index contributed by atoms with van der Waals surface area (Å²) in [4.78, 5) is 7.88. The van der Waals surface area contributed by atoms with E-state index < -0.39 is 0 Å². The third-order valence-corrected chi connectivity index (χ3v) is 1.31. The molecule has 0 unspecified atom stereocenters. The van der Waals surface area contributed by atoms with Crippen LogP contribution in [0.15, 0.2) is 23.0 Å². The smallest absolute Gasteiger partial charge is 0.267 e. The maximum Gasteiger partial charge on any atom is 0.267 e. The van der Waals surface area contributed by atoms with Gasteiger partial charge in [-0.05, 0) is 0 Å². The van der Waals surface area contributed by atoms with Crippen LogP contribution in [0.3, 0.4) is 0 Å². The summed E-state index contributed by atoms with van der Waals surface area (Å²) in [5.74, 6) is 0.927. The number of nitrogens with zero attached hydrogens (tertiary/aromatic N) is 4. The van der Waals surface area contributed by atoms with Crippen LogP contribution in [0.25, 0.3) is 11.6 Å². The minimum Gasteiger partial charge on any atom is -0.420 e. The molecule has 74 valence electrons. The first-order valence-corrected chi connectivity index (χ1v) is 4.43.